The molecule has 0 saturated heterocycles. The lowest BCUT2D eigenvalue weighted by molar-refractivity contribution is -0.139. The van der Waals surface area contributed by atoms with Crippen molar-refractivity contribution in [1.29, 1.82) is 0 Å². The molecule has 1 aromatic heterocycles. The number of carbonyl (C=O) groups is 3. The topological polar surface area (TPSA) is 144 Å². The number of rotatable bonds is 11. The van der Waals surface area contributed by atoms with Crippen LogP contribution in [0.2, 0.25) is 0 Å². The molecule has 0 aliphatic carbocycles. The molecule has 1 aliphatic rings. The summed E-state index contributed by atoms with van der Waals surface area (Å²) >= 11 is 0. The van der Waals surface area contributed by atoms with Crippen LogP contribution in [-0.2, 0) is 31.0 Å². The maximum Gasteiger partial charge on any atom is 0.261 e. The second-order valence-electron chi connectivity index (χ2n) is 9.85. The summed E-state index contributed by atoms with van der Waals surface area (Å²) in [5, 5.41) is 12.5. The fourth-order valence-electron chi connectivity index (χ4n) is 4.44. The van der Waals surface area contributed by atoms with Crippen LogP contribution in [0.1, 0.15) is 43.1 Å². The van der Waals surface area contributed by atoms with Gasteiger partial charge in [0.05, 0.1) is 37.7 Å². The molecule has 1 atom stereocenters. The maximum atomic E-state index is 15.0. The fraction of sp³-hybridized carbons (Fsp3) is 0.407. The van der Waals surface area contributed by atoms with Crippen LogP contribution in [0.3, 0.4) is 0 Å². The van der Waals surface area contributed by atoms with Crippen molar-refractivity contribution >= 4 is 23.4 Å². The predicted octanol–water partition coefficient (Wildman–Crippen LogP) is 3.17. The van der Waals surface area contributed by atoms with Crippen molar-refractivity contribution in [2.75, 3.05) is 32.2 Å². The van der Waals surface area contributed by atoms with Crippen molar-refractivity contribution in [3.63, 3.8) is 0 Å². The smallest absolute Gasteiger partial charge is 0.261 e. The third kappa shape index (κ3) is 7.50. The lowest BCUT2D eigenvalue weighted by Gasteiger charge is -2.36. The maximum absolute atomic E-state index is 15.0. The highest BCUT2D eigenvalue weighted by molar-refractivity contribution is 5.98. The van der Waals surface area contributed by atoms with Crippen LogP contribution >= 0.6 is 0 Å². The number of fused-ring (bicyclic) bond motifs is 1. The van der Waals surface area contributed by atoms with E-state index in [1.165, 1.54) is 18.2 Å². The van der Waals surface area contributed by atoms with Gasteiger partial charge in [-0.05, 0) is 29.7 Å². The Labute approximate surface area is 229 Å². The molecule has 0 spiro atoms. The normalized spacial score (nSPS) is 15.5. The number of hydrogen-bond acceptors (Lipinski definition) is 7. The molecule has 40 heavy (non-hydrogen) atoms. The van der Waals surface area contributed by atoms with Gasteiger partial charge < -0.3 is 30.5 Å². The highest BCUT2D eigenvalue weighted by atomic mass is 19.3. The number of ether oxygens (including phenoxy) is 2. The highest BCUT2D eigenvalue weighted by Gasteiger charge is 2.37. The molecule has 216 valence electrons. The summed E-state index contributed by atoms with van der Waals surface area (Å²) in [6, 6.07) is 4.90. The minimum absolute atomic E-state index is 0.0000504. The number of aliphatic hydroxyl groups excluding tert-OH is 1. The lowest BCUT2D eigenvalue weighted by Crippen LogP contribution is -2.45. The number of primary amides is 1. The largest absolute Gasteiger partial charge is 0.512 e. The van der Waals surface area contributed by atoms with E-state index in [4.69, 9.17) is 15.2 Å². The van der Waals surface area contributed by atoms with Gasteiger partial charge in [-0.15, -0.1) is 0 Å². The van der Waals surface area contributed by atoms with Crippen LogP contribution in [0.4, 0.5) is 18.9 Å². The van der Waals surface area contributed by atoms with Crippen LogP contribution in [-0.4, -0.2) is 66.0 Å². The van der Waals surface area contributed by atoms with Gasteiger partial charge in [0.1, 0.15) is 30.0 Å². The number of pyridine rings is 1. The first kappa shape index (κ1) is 30.4. The molecule has 2 heterocycles. The Hall–Kier alpha value is -4.13. The second-order valence-corrected chi connectivity index (χ2v) is 9.85. The third-order valence-corrected chi connectivity index (χ3v) is 6.24. The summed E-state index contributed by atoms with van der Waals surface area (Å²) in [5.74, 6) is -3.03. The molecule has 3 amide bonds. The number of nitrogens with zero attached hydrogens (tertiary/aromatic N) is 2. The third-order valence-electron chi connectivity index (χ3n) is 6.24. The van der Waals surface area contributed by atoms with Crippen LogP contribution in [0.5, 0.6) is 5.75 Å². The first-order chi connectivity index (χ1) is 18.8. The quantitative estimate of drug-likeness (QED) is 0.281. The Morgan fingerprint density at radius 3 is 2.65 bits per heavy atom. The summed E-state index contributed by atoms with van der Waals surface area (Å²) in [7, 11) is 1.50. The SMILES string of the molecule is COc1ccc2c(c1)CCN(C(=O)C/C(O)=C/C(N)=O)C2C(=O)Nc1cnc(C(C)(C)COCC(F)F)c(F)c1. The number of methoxy groups -OCH3 is 1. The molecule has 3 rings (SSSR count). The molecular formula is C27H31F3N4O6. The first-order valence-electron chi connectivity index (χ1n) is 12.3. The van der Waals surface area contributed by atoms with Crippen molar-refractivity contribution in [3.8, 4) is 5.75 Å². The van der Waals surface area contributed by atoms with Gasteiger partial charge in [0.25, 0.3) is 12.3 Å². The van der Waals surface area contributed by atoms with E-state index in [1.54, 1.807) is 32.0 Å². The molecule has 0 saturated carbocycles. The number of aliphatic hydroxyl groups is 1. The Bertz CT molecular complexity index is 1300. The lowest BCUT2D eigenvalue weighted by atomic mass is 9.89. The van der Waals surface area contributed by atoms with Gasteiger partial charge in [0, 0.05) is 24.1 Å². The summed E-state index contributed by atoms with van der Waals surface area (Å²) < 4.78 is 50.1. The molecule has 13 heteroatoms. The monoisotopic (exact) mass is 564 g/mol. The molecule has 0 radical (unpaired) electrons. The van der Waals surface area contributed by atoms with Gasteiger partial charge in [0.2, 0.25) is 11.8 Å². The molecule has 1 aliphatic heterocycles. The minimum Gasteiger partial charge on any atom is -0.512 e. The number of nitrogens with two attached hydrogens (primary N) is 1. The zero-order valence-electron chi connectivity index (χ0n) is 22.2. The predicted molar refractivity (Wildman–Crippen MR) is 138 cm³/mol. The molecule has 2 aromatic rings. The summed E-state index contributed by atoms with van der Waals surface area (Å²) in [6.07, 6.45) is -0.906. The van der Waals surface area contributed by atoms with E-state index in [-0.39, 0.29) is 24.5 Å². The molecule has 10 nitrogen and oxygen atoms in total. The van der Waals surface area contributed by atoms with Crippen LogP contribution in [0, 0.1) is 5.82 Å². The highest BCUT2D eigenvalue weighted by Crippen LogP contribution is 2.34. The average Bonchev–Trinajstić information content (AvgIpc) is 2.86. The van der Waals surface area contributed by atoms with Gasteiger partial charge in [-0.1, -0.05) is 19.9 Å². The molecule has 1 unspecified atom stereocenters. The van der Waals surface area contributed by atoms with Crippen LogP contribution < -0.4 is 15.8 Å². The van der Waals surface area contributed by atoms with Crippen molar-refractivity contribution in [1.82, 2.24) is 9.88 Å². The van der Waals surface area contributed by atoms with E-state index in [9.17, 15) is 28.3 Å². The Kier molecular flexibility index (Phi) is 9.74. The van der Waals surface area contributed by atoms with Crippen molar-refractivity contribution in [3.05, 3.63) is 64.9 Å². The number of alkyl halides is 2. The van der Waals surface area contributed by atoms with Crippen LogP contribution in [0.25, 0.3) is 0 Å². The number of hydrogen-bond donors (Lipinski definition) is 3. The van der Waals surface area contributed by atoms with Crippen molar-refractivity contribution in [2.45, 2.75) is 44.6 Å². The molecule has 0 fully saturated rings. The summed E-state index contributed by atoms with van der Waals surface area (Å²) in [4.78, 5) is 43.0. The average molecular weight is 565 g/mol. The Morgan fingerprint density at radius 2 is 2.02 bits per heavy atom. The molecule has 0 bridgehead atoms. The summed E-state index contributed by atoms with van der Waals surface area (Å²) in [6.45, 7) is 2.28. The van der Waals surface area contributed by atoms with E-state index in [0.717, 1.165) is 11.6 Å². The Balaban J connectivity index is 1.87. The van der Waals surface area contributed by atoms with E-state index in [0.29, 0.717) is 23.8 Å². The second kappa shape index (κ2) is 12.8. The fourth-order valence-corrected chi connectivity index (χ4v) is 4.44. The summed E-state index contributed by atoms with van der Waals surface area (Å²) in [5.41, 5.74) is 5.22. The zero-order chi connectivity index (χ0) is 29.6. The molecule has 4 N–H and O–H groups in total. The van der Waals surface area contributed by atoms with Gasteiger partial charge in [-0.25, -0.2) is 13.2 Å². The number of nitrogens with one attached hydrogen (secondary N) is 1. The number of carbonyl (C=O) groups excluding carboxylic acids is 3. The number of halogens is 3. The van der Waals surface area contributed by atoms with Gasteiger partial charge >= 0.3 is 0 Å². The number of benzene rings is 1. The van der Waals surface area contributed by atoms with Gasteiger partial charge in [-0.3, -0.25) is 19.4 Å². The van der Waals surface area contributed by atoms with E-state index < -0.39 is 60.2 Å². The van der Waals surface area contributed by atoms with Gasteiger partial charge in [0.15, 0.2) is 0 Å². The van der Waals surface area contributed by atoms with E-state index >= 15 is 4.39 Å². The van der Waals surface area contributed by atoms with E-state index in [2.05, 4.69) is 10.3 Å². The number of aromatic nitrogens is 1. The first-order valence-corrected chi connectivity index (χ1v) is 12.3. The molecular weight excluding hydrogens is 533 g/mol. The standard InChI is InChI=1S/C27H31F3N4O6/c1-27(2,14-40-13-21(29)30)25-20(28)9-16(12-32-25)33-26(38)24-19-5-4-18(39-3)8-15(19)6-7-34(24)23(37)11-17(35)10-22(31)36/h4-5,8-10,12,21,24,35H,6-7,11,13-14H2,1-3H3,(H2,31,36)(H,33,38)/b17-10-. The van der Waals surface area contributed by atoms with Crippen molar-refractivity contribution < 1.29 is 42.1 Å². The van der Waals surface area contributed by atoms with Crippen LogP contribution in [0.15, 0.2) is 42.3 Å². The molecule has 1 aromatic carbocycles. The Morgan fingerprint density at radius 1 is 1.30 bits per heavy atom. The minimum atomic E-state index is -2.66. The van der Waals surface area contributed by atoms with Crippen molar-refractivity contribution in [2.24, 2.45) is 5.73 Å². The number of amides is 3. The van der Waals surface area contributed by atoms with Gasteiger partial charge in [-0.2, -0.15) is 0 Å². The number of anilines is 1. The van der Waals surface area contributed by atoms with E-state index in [1.807, 2.05) is 0 Å². The zero-order valence-corrected chi connectivity index (χ0v) is 22.2.